The molecule has 2 aromatic rings. The molecular formula is C16H18N2O4. The Labute approximate surface area is 128 Å². The fourth-order valence-corrected chi connectivity index (χ4v) is 1.96. The van der Waals surface area contributed by atoms with E-state index in [1.807, 2.05) is 19.9 Å². The van der Waals surface area contributed by atoms with Crippen LogP contribution in [0.1, 0.15) is 19.5 Å². The van der Waals surface area contributed by atoms with Crippen LogP contribution in [0.2, 0.25) is 0 Å². The molecule has 0 fully saturated rings. The van der Waals surface area contributed by atoms with E-state index in [0.717, 1.165) is 5.69 Å². The molecule has 0 radical (unpaired) electrons. The largest absolute Gasteiger partial charge is 0.494 e. The lowest BCUT2D eigenvalue weighted by atomic mass is 10.1. The quantitative estimate of drug-likeness (QED) is 0.602. The first-order valence-corrected chi connectivity index (χ1v) is 6.91. The van der Waals surface area contributed by atoms with Gasteiger partial charge in [0.25, 0.3) is 5.69 Å². The Morgan fingerprint density at radius 1 is 1.27 bits per heavy atom. The Morgan fingerprint density at radius 2 is 2.05 bits per heavy atom. The topological polar surface area (TPSA) is 74.5 Å². The van der Waals surface area contributed by atoms with Crippen LogP contribution in [0, 0.1) is 10.1 Å². The highest BCUT2D eigenvalue weighted by Gasteiger charge is 2.13. The summed E-state index contributed by atoms with van der Waals surface area (Å²) >= 11 is 0. The third kappa shape index (κ3) is 3.79. The van der Waals surface area contributed by atoms with Crippen LogP contribution in [0.4, 0.5) is 5.69 Å². The van der Waals surface area contributed by atoms with Crippen LogP contribution < -0.4 is 4.74 Å². The second kappa shape index (κ2) is 7.00. The molecule has 1 heterocycles. The zero-order chi connectivity index (χ0) is 16.1. The average Bonchev–Trinajstić information content (AvgIpc) is 2.52. The van der Waals surface area contributed by atoms with Crippen LogP contribution in [0.3, 0.4) is 0 Å². The van der Waals surface area contributed by atoms with Gasteiger partial charge >= 0.3 is 0 Å². The molecule has 0 bridgehead atoms. The number of methoxy groups -OCH3 is 1. The molecule has 1 aromatic heterocycles. The highest BCUT2D eigenvalue weighted by molar-refractivity contribution is 5.68. The number of aromatic nitrogens is 1. The minimum Gasteiger partial charge on any atom is -0.494 e. The second-order valence-electron chi connectivity index (χ2n) is 5.02. The van der Waals surface area contributed by atoms with Crippen LogP contribution in [0.25, 0.3) is 11.3 Å². The zero-order valence-electron chi connectivity index (χ0n) is 12.8. The van der Waals surface area contributed by atoms with Gasteiger partial charge in [0.15, 0.2) is 0 Å². The van der Waals surface area contributed by atoms with Gasteiger partial charge in [-0.05, 0) is 26.0 Å². The molecule has 0 unspecified atom stereocenters. The molecule has 0 aliphatic rings. The molecule has 6 heteroatoms. The number of hydrogen-bond acceptors (Lipinski definition) is 5. The number of pyridine rings is 1. The van der Waals surface area contributed by atoms with Crippen molar-refractivity contribution in [2.75, 3.05) is 7.11 Å². The summed E-state index contributed by atoms with van der Waals surface area (Å²) in [4.78, 5) is 15.0. The SMILES string of the molecule is COc1ccc(COC(C)C)nc1-c1cccc([N+](=O)[O-])c1. The van der Waals surface area contributed by atoms with E-state index >= 15 is 0 Å². The summed E-state index contributed by atoms with van der Waals surface area (Å²) in [5, 5.41) is 10.9. The third-order valence-electron chi connectivity index (χ3n) is 3.03. The maximum atomic E-state index is 10.9. The monoisotopic (exact) mass is 302 g/mol. The molecule has 0 amide bonds. The van der Waals surface area contributed by atoms with Crippen molar-refractivity contribution in [3.05, 3.63) is 52.2 Å². The smallest absolute Gasteiger partial charge is 0.270 e. The Kier molecular flexibility index (Phi) is 5.06. The van der Waals surface area contributed by atoms with Gasteiger partial charge in [0, 0.05) is 17.7 Å². The molecule has 22 heavy (non-hydrogen) atoms. The van der Waals surface area contributed by atoms with Gasteiger partial charge < -0.3 is 9.47 Å². The maximum Gasteiger partial charge on any atom is 0.270 e. The molecule has 0 spiro atoms. The standard InChI is InChI=1S/C16H18N2O4/c1-11(2)22-10-13-7-8-15(21-3)16(17-13)12-5-4-6-14(9-12)18(19)20/h4-9,11H,10H2,1-3H3. The minimum absolute atomic E-state index is 0.0187. The number of hydrogen-bond donors (Lipinski definition) is 0. The number of benzene rings is 1. The van der Waals surface area contributed by atoms with E-state index in [1.165, 1.54) is 12.1 Å². The molecule has 0 aliphatic carbocycles. The summed E-state index contributed by atoms with van der Waals surface area (Å²) < 4.78 is 10.9. The molecule has 0 saturated heterocycles. The summed E-state index contributed by atoms with van der Waals surface area (Å²) in [6.07, 6.45) is 0.102. The molecule has 0 aliphatic heterocycles. The summed E-state index contributed by atoms with van der Waals surface area (Å²) in [6.45, 7) is 4.28. The van der Waals surface area contributed by atoms with E-state index in [2.05, 4.69) is 4.98 Å². The maximum absolute atomic E-state index is 10.9. The van der Waals surface area contributed by atoms with Crippen LogP contribution >= 0.6 is 0 Å². The van der Waals surface area contributed by atoms with Crippen molar-refractivity contribution in [1.82, 2.24) is 4.98 Å². The highest BCUT2D eigenvalue weighted by Crippen LogP contribution is 2.30. The molecule has 0 N–H and O–H groups in total. The Balaban J connectivity index is 2.41. The second-order valence-corrected chi connectivity index (χ2v) is 5.02. The van der Waals surface area contributed by atoms with Crippen LogP contribution in [0.5, 0.6) is 5.75 Å². The Morgan fingerprint density at radius 3 is 2.68 bits per heavy atom. The minimum atomic E-state index is -0.429. The van der Waals surface area contributed by atoms with E-state index in [-0.39, 0.29) is 11.8 Å². The molecule has 2 rings (SSSR count). The lowest BCUT2D eigenvalue weighted by Gasteiger charge is -2.11. The van der Waals surface area contributed by atoms with Crippen molar-refractivity contribution in [1.29, 1.82) is 0 Å². The van der Waals surface area contributed by atoms with Crippen molar-refractivity contribution >= 4 is 5.69 Å². The Bertz CT molecular complexity index is 671. The predicted octanol–water partition coefficient (Wildman–Crippen LogP) is 3.59. The van der Waals surface area contributed by atoms with Gasteiger partial charge in [-0.2, -0.15) is 0 Å². The van der Waals surface area contributed by atoms with Gasteiger partial charge in [-0.25, -0.2) is 4.98 Å². The highest BCUT2D eigenvalue weighted by atomic mass is 16.6. The van der Waals surface area contributed by atoms with Crippen molar-refractivity contribution in [2.24, 2.45) is 0 Å². The number of nitrogens with zero attached hydrogens (tertiary/aromatic N) is 2. The van der Waals surface area contributed by atoms with E-state index in [0.29, 0.717) is 23.6 Å². The van der Waals surface area contributed by atoms with Gasteiger partial charge in [-0.1, -0.05) is 12.1 Å². The van der Waals surface area contributed by atoms with Gasteiger partial charge in [-0.3, -0.25) is 10.1 Å². The summed E-state index contributed by atoms with van der Waals surface area (Å²) in [5.41, 5.74) is 1.97. The first kappa shape index (κ1) is 15.9. The number of nitro benzene ring substituents is 1. The molecular weight excluding hydrogens is 284 g/mol. The fraction of sp³-hybridized carbons (Fsp3) is 0.312. The van der Waals surface area contributed by atoms with E-state index in [4.69, 9.17) is 9.47 Å². The van der Waals surface area contributed by atoms with Gasteiger partial charge in [-0.15, -0.1) is 0 Å². The van der Waals surface area contributed by atoms with Crippen LogP contribution in [-0.4, -0.2) is 23.1 Å². The Hall–Kier alpha value is -2.47. The number of nitro groups is 1. The third-order valence-corrected chi connectivity index (χ3v) is 3.03. The summed E-state index contributed by atoms with van der Waals surface area (Å²) in [6, 6.07) is 9.94. The van der Waals surface area contributed by atoms with E-state index in [1.54, 1.807) is 25.3 Å². The fourth-order valence-electron chi connectivity index (χ4n) is 1.96. The average molecular weight is 302 g/mol. The van der Waals surface area contributed by atoms with Crippen molar-refractivity contribution < 1.29 is 14.4 Å². The number of ether oxygens (including phenoxy) is 2. The van der Waals surface area contributed by atoms with Crippen LogP contribution in [-0.2, 0) is 11.3 Å². The molecule has 6 nitrogen and oxygen atoms in total. The van der Waals surface area contributed by atoms with Gasteiger partial charge in [0.05, 0.1) is 30.4 Å². The van der Waals surface area contributed by atoms with Crippen LogP contribution in [0.15, 0.2) is 36.4 Å². The van der Waals surface area contributed by atoms with E-state index < -0.39 is 4.92 Å². The van der Waals surface area contributed by atoms with Crippen molar-refractivity contribution in [3.63, 3.8) is 0 Å². The first-order chi connectivity index (χ1) is 10.5. The van der Waals surface area contributed by atoms with Gasteiger partial charge in [0.2, 0.25) is 0 Å². The first-order valence-electron chi connectivity index (χ1n) is 6.91. The number of non-ortho nitro benzene ring substituents is 1. The molecule has 0 saturated carbocycles. The van der Waals surface area contributed by atoms with Crippen molar-refractivity contribution in [2.45, 2.75) is 26.6 Å². The lowest BCUT2D eigenvalue weighted by molar-refractivity contribution is -0.384. The van der Waals surface area contributed by atoms with Crippen molar-refractivity contribution in [3.8, 4) is 17.0 Å². The summed E-state index contributed by atoms with van der Waals surface area (Å²) in [7, 11) is 1.54. The lowest BCUT2D eigenvalue weighted by Crippen LogP contribution is -2.04. The normalized spacial score (nSPS) is 10.7. The van der Waals surface area contributed by atoms with E-state index in [9.17, 15) is 10.1 Å². The summed E-state index contributed by atoms with van der Waals surface area (Å²) in [5.74, 6) is 0.564. The van der Waals surface area contributed by atoms with Gasteiger partial charge in [0.1, 0.15) is 11.4 Å². The number of rotatable bonds is 6. The predicted molar refractivity (Wildman–Crippen MR) is 82.8 cm³/mol. The molecule has 1 aromatic carbocycles. The molecule has 0 atom stereocenters. The zero-order valence-corrected chi connectivity index (χ0v) is 12.8. The molecule has 116 valence electrons.